The van der Waals surface area contributed by atoms with Crippen molar-refractivity contribution in [1.29, 1.82) is 0 Å². The Bertz CT molecular complexity index is 296. The molecule has 0 atom stereocenters. The van der Waals surface area contributed by atoms with Crippen LogP contribution in [0.1, 0.15) is 26.5 Å². The fourth-order valence-corrected chi connectivity index (χ4v) is 1.43. The molecule has 0 aliphatic carbocycles. The Kier molecular flexibility index (Phi) is 2.08. The van der Waals surface area contributed by atoms with E-state index in [2.05, 4.69) is 25.9 Å². The van der Waals surface area contributed by atoms with Gasteiger partial charge in [0.25, 0.3) is 0 Å². The average Bonchev–Trinajstić information content (AvgIpc) is 2.15. The van der Waals surface area contributed by atoms with E-state index in [4.69, 9.17) is 17.3 Å². The van der Waals surface area contributed by atoms with E-state index < -0.39 is 0 Å². The van der Waals surface area contributed by atoms with Gasteiger partial charge < -0.3 is 5.73 Å². The summed E-state index contributed by atoms with van der Waals surface area (Å²) in [6, 6.07) is 0. The van der Waals surface area contributed by atoms with E-state index in [1.165, 1.54) is 0 Å². The highest BCUT2D eigenvalue weighted by Crippen LogP contribution is 2.31. The number of hydrogen-bond acceptors (Lipinski definition) is 2. The topological polar surface area (TPSA) is 43.8 Å². The standard InChI is InChI=1S/C8H14ClN3/c1-8(2,3)6-5(9)7(10)12(4)11-6/h10H2,1-4H3. The van der Waals surface area contributed by atoms with Crippen molar-refractivity contribution in [3.63, 3.8) is 0 Å². The molecule has 1 heterocycles. The summed E-state index contributed by atoms with van der Waals surface area (Å²) in [5.41, 5.74) is 6.47. The van der Waals surface area contributed by atoms with Crippen molar-refractivity contribution < 1.29 is 0 Å². The first-order valence-corrected chi connectivity index (χ1v) is 4.20. The lowest BCUT2D eigenvalue weighted by Gasteiger charge is -2.14. The molecule has 0 aliphatic rings. The largest absolute Gasteiger partial charge is 0.383 e. The number of anilines is 1. The molecule has 0 saturated carbocycles. The molecule has 2 N–H and O–H groups in total. The van der Waals surface area contributed by atoms with Crippen LogP contribution in [0.5, 0.6) is 0 Å². The van der Waals surface area contributed by atoms with Crippen LogP contribution in [0, 0.1) is 0 Å². The Morgan fingerprint density at radius 3 is 2.08 bits per heavy atom. The van der Waals surface area contributed by atoms with Crippen molar-refractivity contribution in [3.05, 3.63) is 10.7 Å². The fourth-order valence-electron chi connectivity index (χ4n) is 0.990. The molecule has 1 aromatic heterocycles. The van der Waals surface area contributed by atoms with E-state index in [9.17, 15) is 0 Å². The van der Waals surface area contributed by atoms with Crippen molar-refractivity contribution in [3.8, 4) is 0 Å². The second-order valence-corrected chi connectivity index (χ2v) is 4.30. The minimum atomic E-state index is -0.0491. The summed E-state index contributed by atoms with van der Waals surface area (Å²) in [7, 11) is 1.79. The second kappa shape index (κ2) is 2.66. The van der Waals surface area contributed by atoms with E-state index >= 15 is 0 Å². The van der Waals surface area contributed by atoms with Gasteiger partial charge in [-0.2, -0.15) is 5.10 Å². The fraction of sp³-hybridized carbons (Fsp3) is 0.625. The van der Waals surface area contributed by atoms with Gasteiger partial charge in [0.05, 0.1) is 5.69 Å². The van der Waals surface area contributed by atoms with Crippen LogP contribution >= 0.6 is 11.6 Å². The summed E-state index contributed by atoms with van der Waals surface area (Å²) in [6.07, 6.45) is 0. The number of nitrogens with zero attached hydrogens (tertiary/aromatic N) is 2. The quantitative estimate of drug-likeness (QED) is 0.675. The monoisotopic (exact) mass is 187 g/mol. The van der Waals surface area contributed by atoms with E-state index in [1.54, 1.807) is 11.7 Å². The molecule has 0 spiro atoms. The van der Waals surface area contributed by atoms with Crippen LogP contribution in [-0.4, -0.2) is 9.78 Å². The molecule has 12 heavy (non-hydrogen) atoms. The Morgan fingerprint density at radius 1 is 1.42 bits per heavy atom. The van der Waals surface area contributed by atoms with Crippen molar-refractivity contribution in [1.82, 2.24) is 9.78 Å². The molecule has 1 aromatic rings. The number of aryl methyl sites for hydroxylation is 1. The number of nitrogens with two attached hydrogens (primary N) is 1. The van der Waals surface area contributed by atoms with Gasteiger partial charge in [-0.25, -0.2) is 0 Å². The molecular weight excluding hydrogens is 174 g/mol. The molecule has 68 valence electrons. The van der Waals surface area contributed by atoms with Gasteiger partial charge in [-0.15, -0.1) is 0 Å². The van der Waals surface area contributed by atoms with Gasteiger partial charge in [-0.1, -0.05) is 32.4 Å². The number of halogens is 1. The van der Waals surface area contributed by atoms with E-state index in [0.717, 1.165) is 5.69 Å². The van der Waals surface area contributed by atoms with Crippen LogP contribution < -0.4 is 5.73 Å². The third-order valence-electron chi connectivity index (χ3n) is 1.74. The average molecular weight is 188 g/mol. The van der Waals surface area contributed by atoms with Gasteiger partial charge in [-0.3, -0.25) is 4.68 Å². The zero-order valence-corrected chi connectivity index (χ0v) is 8.61. The highest BCUT2D eigenvalue weighted by Gasteiger charge is 2.23. The second-order valence-electron chi connectivity index (χ2n) is 3.92. The molecule has 0 aromatic carbocycles. The summed E-state index contributed by atoms with van der Waals surface area (Å²) in [6.45, 7) is 6.17. The zero-order chi connectivity index (χ0) is 9.52. The van der Waals surface area contributed by atoms with E-state index in [1.807, 2.05) is 0 Å². The van der Waals surface area contributed by atoms with Gasteiger partial charge in [-0.05, 0) is 0 Å². The number of nitrogen functional groups attached to an aromatic ring is 1. The minimum Gasteiger partial charge on any atom is -0.383 e. The van der Waals surface area contributed by atoms with Crippen molar-refractivity contribution in [2.45, 2.75) is 26.2 Å². The first kappa shape index (κ1) is 9.39. The van der Waals surface area contributed by atoms with Crippen LogP contribution in [0.15, 0.2) is 0 Å². The smallest absolute Gasteiger partial charge is 0.140 e. The molecule has 3 nitrogen and oxygen atoms in total. The summed E-state index contributed by atoms with van der Waals surface area (Å²) < 4.78 is 1.60. The number of rotatable bonds is 0. The van der Waals surface area contributed by atoms with Gasteiger partial charge in [0, 0.05) is 12.5 Å². The molecule has 1 rings (SSSR count). The van der Waals surface area contributed by atoms with Crippen LogP contribution in [0.2, 0.25) is 5.02 Å². The predicted octanol–water partition coefficient (Wildman–Crippen LogP) is 1.95. The Hall–Kier alpha value is -0.700. The molecule has 0 fully saturated rings. The van der Waals surface area contributed by atoms with Gasteiger partial charge in [0.15, 0.2) is 0 Å². The third-order valence-corrected chi connectivity index (χ3v) is 2.11. The van der Waals surface area contributed by atoms with Gasteiger partial charge in [0.2, 0.25) is 0 Å². The molecule has 0 saturated heterocycles. The number of aromatic nitrogens is 2. The van der Waals surface area contributed by atoms with Crippen LogP contribution in [0.3, 0.4) is 0 Å². The summed E-state index contributed by atoms with van der Waals surface area (Å²) >= 11 is 5.99. The SMILES string of the molecule is Cn1nc(C(C)(C)C)c(Cl)c1N. The molecule has 0 aliphatic heterocycles. The third kappa shape index (κ3) is 1.41. The number of hydrogen-bond donors (Lipinski definition) is 1. The maximum atomic E-state index is 5.99. The summed E-state index contributed by atoms with van der Waals surface area (Å²) in [4.78, 5) is 0. The molecule has 4 heteroatoms. The molecule has 0 amide bonds. The lowest BCUT2D eigenvalue weighted by atomic mass is 9.92. The molecule has 0 bridgehead atoms. The zero-order valence-electron chi connectivity index (χ0n) is 7.85. The summed E-state index contributed by atoms with van der Waals surface area (Å²) in [5.74, 6) is 0.529. The van der Waals surface area contributed by atoms with Crippen molar-refractivity contribution in [2.75, 3.05) is 5.73 Å². The van der Waals surface area contributed by atoms with Crippen molar-refractivity contribution in [2.24, 2.45) is 7.05 Å². The molecular formula is C8H14ClN3. The lowest BCUT2D eigenvalue weighted by Crippen LogP contribution is -2.12. The van der Waals surface area contributed by atoms with Gasteiger partial charge in [0.1, 0.15) is 10.8 Å². The molecule has 0 unspecified atom stereocenters. The Morgan fingerprint density at radius 2 is 1.92 bits per heavy atom. The maximum Gasteiger partial charge on any atom is 0.140 e. The van der Waals surface area contributed by atoms with Gasteiger partial charge >= 0.3 is 0 Å². The van der Waals surface area contributed by atoms with Crippen LogP contribution in [0.25, 0.3) is 0 Å². The predicted molar refractivity (Wildman–Crippen MR) is 51.3 cm³/mol. The van der Waals surface area contributed by atoms with Crippen molar-refractivity contribution >= 4 is 17.4 Å². The van der Waals surface area contributed by atoms with Crippen LogP contribution in [-0.2, 0) is 12.5 Å². The highest BCUT2D eigenvalue weighted by molar-refractivity contribution is 6.33. The molecule has 0 radical (unpaired) electrons. The first-order valence-electron chi connectivity index (χ1n) is 3.82. The first-order chi connectivity index (χ1) is 5.34. The Labute approximate surface area is 77.5 Å². The maximum absolute atomic E-state index is 5.99. The Balaban J connectivity index is 3.28. The van der Waals surface area contributed by atoms with E-state index in [-0.39, 0.29) is 5.41 Å². The van der Waals surface area contributed by atoms with Crippen LogP contribution in [0.4, 0.5) is 5.82 Å². The highest BCUT2D eigenvalue weighted by atomic mass is 35.5. The summed E-state index contributed by atoms with van der Waals surface area (Å²) in [5, 5.41) is 4.81. The minimum absolute atomic E-state index is 0.0491. The van der Waals surface area contributed by atoms with E-state index in [0.29, 0.717) is 10.8 Å². The normalized spacial score (nSPS) is 12.1. The lowest BCUT2D eigenvalue weighted by molar-refractivity contribution is 0.554.